The highest BCUT2D eigenvalue weighted by molar-refractivity contribution is 7.89. The smallest absolute Gasteiger partial charge is 0.407 e. The van der Waals surface area contributed by atoms with Crippen LogP contribution in [0.25, 0.3) is 0 Å². The van der Waals surface area contributed by atoms with Crippen molar-refractivity contribution in [1.29, 1.82) is 10.5 Å². The van der Waals surface area contributed by atoms with Gasteiger partial charge >= 0.3 is 12.2 Å². The van der Waals surface area contributed by atoms with Crippen LogP contribution in [-0.2, 0) is 40.5 Å². The van der Waals surface area contributed by atoms with E-state index in [1.165, 1.54) is 23.3 Å². The molecule has 0 saturated carbocycles. The number of sulfonamides is 1. The Balaban J connectivity index is 0.000000529. The zero-order valence-corrected chi connectivity index (χ0v) is 39.6. The van der Waals surface area contributed by atoms with Gasteiger partial charge in [-0.2, -0.15) is 16.0 Å². The normalized spacial score (nSPS) is 16.0. The van der Waals surface area contributed by atoms with Gasteiger partial charge in [0.1, 0.15) is 17.3 Å². The monoisotopic (exact) mass is 889 g/mol. The van der Waals surface area contributed by atoms with Crippen LogP contribution in [0, 0.1) is 36.5 Å². The largest absolute Gasteiger partial charge is 0.444 e. The van der Waals surface area contributed by atoms with Crippen molar-refractivity contribution in [2.24, 2.45) is 0 Å². The van der Waals surface area contributed by atoms with Crippen LogP contribution >= 0.6 is 0 Å². The maximum Gasteiger partial charge on any atom is 0.407 e. The van der Waals surface area contributed by atoms with Crippen molar-refractivity contribution >= 4 is 22.2 Å². The quantitative estimate of drug-likeness (QED) is 0.0741. The van der Waals surface area contributed by atoms with Crippen LogP contribution in [-0.4, -0.2) is 91.0 Å². The number of rotatable bonds is 20. The van der Waals surface area contributed by atoms with Crippen LogP contribution in [0.1, 0.15) is 124 Å². The van der Waals surface area contributed by atoms with E-state index in [1.54, 1.807) is 46.8 Å². The summed E-state index contributed by atoms with van der Waals surface area (Å²) in [7, 11) is -4.11. The Kier molecular flexibility index (Phi) is 24.9. The van der Waals surface area contributed by atoms with Crippen LogP contribution in [0.15, 0.2) is 53.4 Å². The van der Waals surface area contributed by atoms with E-state index in [4.69, 9.17) is 34.4 Å². The molecule has 2 amide bonds. The summed E-state index contributed by atoms with van der Waals surface area (Å²) in [5, 5.41) is 33.4. The van der Waals surface area contributed by atoms with E-state index >= 15 is 0 Å². The van der Waals surface area contributed by atoms with Crippen molar-refractivity contribution in [2.75, 3.05) is 13.2 Å². The Morgan fingerprint density at radius 1 is 0.839 bits per heavy atom. The average molecular weight is 889 g/mol. The summed E-state index contributed by atoms with van der Waals surface area (Å²) >= 11 is 0. The van der Waals surface area contributed by atoms with Crippen molar-refractivity contribution in [3.8, 4) is 12.1 Å². The van der Waals surface area contributed by atoms with Crippen LogP contribution in [0.5, 0.6) is 0 Å². The highest BCUT2D eigenvalue weighted by atomic mass is 32.2. The van der Waals surface area contributed by atoms with Crippen molar-refractivity contribution in [3.05, 3.63) is 65.2 Å². The molecule has 348 valence electrons. The summed E-state index contributed by atoms with van der Waals surface area (Å²) in [5.74, 6) is 0. The minimum atomic E-state index is -4.11. The summed E-state index contributed by atoms with van der Waals surface area (Å²) in [6.45, 7) is 23.0. The number of benzene rings is 2. The molecule has 2 aromatic rings. The summed E-state index contributed by atoms with van der Waals surface area (Å²) in [6.07, 6.45) is 0.353. The summed E-state index contributed by atoms with van der Waals surface area (Å²) in [6, 6.07) is 18.0. The molecule has 1 heterocycles. The number of aryl methyl sites for hydroxylation is 2. The van der Waals surface area contributed by atoms with Gasteiger partial charge in [-0.15, -0.1) is 0 Å². The topological polar surface area (TPSA) is 225 Å². The Morgan fingerprint density at radius 3 is 1.77 bits per heavy atom. The predicted molar refractivity (Wildman–Crippen MR) is 237 cm³/mol. The number of aliphatic hydroxyl groups is 1. The molecule has 0 bridgehead atoms. The van der Waals surface area contributed by atoms with E-state index in [0.29, 0.717) is 25.8 Å². The number of epoxide rings is 1. The van der Waals surface area contributed by atoms with Gasteiger partial charge in [0.05, 0.1) is 60.6 Å². The first-order valence-electron chi connectivity index (χ1n) is 21.2. The SMILES string of the molecule is CC[C@H](NC(=O)OC(C)(C)C)[C@H](O)CN(OC(C)CCC#N)S(=O)(=O)c1ccc(C)cc1.CC[C@H](NC(=O)OC(C)(C)C)[C@H]1CO1.Cc1ccc(CNOC(C)CCC#N)cc1. The number of nitrogens with one attached hydrogen (secondary N) is 3. The van der Waals surface area contributed by atoms with E-state index in [-0.39, 0.29) is 35.7 Å². The van der Waals surface area contributed by atoms with E-state index in [9.17, 15) is 23.1 Å². The Labute approximate surface area is 370 Å². The molecule has 1 aliphatic rings. The lowest BCUT2D eigenvalue weighted by Gasteiger charge is -2.30. The highest BCUT2D eigenvalue weighted by Crippen LogP contribution is 2.21. The molecular weight excluding hydrogens is 817 g/mol. The molecule has 0 aromatic heterocycles. The second-order valence-electron chi connectivity index (χ2n) is 17.1. The third-order valence-corrected chi connectivity index (χ3v) is 10.4. The van der Waals surface area contributed by atoms with Gasteiger partial charge in [-0.3, -0.25) is 9.68 Å². The van der Waals surface area contributed by atoms with Crippen LogP contribution in [0.3, 0.4) is 0 Å². The highest BCUT2D eigenvalue weighted by Gasteiger charge is 2.34. The number of aliphatic hydroxyl groups excluding tert-OH is 1. The van der Waals surface area contributed by atoms with Gasteiger partial charge in [0, 0.05) is 19.4 Å². The average Bonchev–Trinajstić information content (AvgIpc) is 4.03. The third-order valence-electron chi connectivity index (χ3n) is 8.78. The molecule has 2 aromatic carbocycles. The first kappa shape index (κ1) is 55.7. The molecule has 2 unspecified atom stereocenters. The minimum absolute atomic E-state index is 0.0101. The number of amides is 2. The van der Waals surface area contributed by atoms with E-state index in [1.807, 2.05) is 47.6 Å². The number of nitriles is 2. The standard InChI is InChI=1S/C22H35N3O6S.C13H18N2O.C10H19NO3/c1-7-19(24-21(27)30-22(4,5)6)20(26)15-25(31-17(3)9-8-14-23)32(28,29)18-12-10-16(2)11-13-18;1-11-5-7-13(8-6-11)10-15-16-12(2)4-3-9-14;1-5-7(8-6-13-8)11-9(12)14-10(2,3)4/h10-13,17,19-20,26H,7-9,15H2,1-6H3,(H,24,27);5-8,12,15H,3-4,10H2,1-2H3;7-8H,5-6H2,1-4H3,(H,11,12)/t17?,19-,20+;;7-,8+/m0.0/s1. The number of alkyl carbamates (subject to hydrolysis) is 2. The summed E-state index contributed by atoms with van der Waals surface area (Å²) < 4.78 is 42.7. The fourth-order valence-electron chi connectivity index (χ4n) is 5.26. The third kappa shape index (κ3) is 24.3. The lowest BCUT2D eigenvalue weighted by molar-refractivity contribution is -0.143. The van der Waals surface area contributed by atoms with Crippen molar-refractivity contribution in [2.45, 2.75) is 181 Å². The second-order valence-corrected chi connectivity index (χ2v) is 18.9. The molecule has 17 heteroatoms. The Bertz CT molecular complexity index is 1800. The van der Waals surface area contributed by atoms with Crippen LogP contribution in [0.4, 0.5) is 9.59 Å². The molecule has 0 spiro atoms. The van der Waals surface area contributed by atoms with Gasteiger partial charge in [0.25, 0.3) is 10.0 Å². The number of carbonyl (C=O) groups is 2. The van der Waals surface area contributed by atoms with E-state index in [2.05, 4.69) is 53.4 Å². The van der Waals surface area contributed by atoms with Gasteiger partial charge in [-0.05, 0) is 113 Å². The molecule has 0 radical (unpaired) electrons. The predicted octanol–water partition coefficient (Wildman–Crippen LogP) is 7.67. The second kappa shape index (κ2) is 27.7. The Morgan fingerprint density at radius 2 is 1.32 bits per heavy atom. The van der Waals surface area contributed by atoms with Gasteiger partial charge in [-0.25, -0.2) is 18.0 Å². The molecule has 1 saturated heterocycles. The molecular formula is C45H72N6O10S. The summed E-state index contributed by atoms with van der Waals surface area (Å²) in [5.41, 5.74) is 5.11. The van der Waals surface area contributed by atoms with Crippen molar-refractivity contribution in [1.82, 2.24) is 20.6 Å². The maximum atomic E-state index is 13.2. The number of hydroxylamine groups is 2. The number of hydrogen-bond acceptors (Lipinski definition) is 13. The molecule has 16 nitrogen and oxygen atoms in total. The number of hydrogen-bond donors (Lipinski definition) is 4. The molecule has 1 aliphatic heterocycles. The van der Waals surface area contributed by atoms with Gasteiger partial charge in [-0.1, -0.05) is 65.8 Å². The van der Waals surface area contributed by atoms with Gasteiger partial charge in [0.15, 0.2) is 0 Å². The molecule has 4 N–H and O–H groups in total. The fourth-order valence-corrected chi connectivity index (χ4v) is 6.59. The van der Waals surface area contributed by atoms with Crippen molar-refractivity contribution < 1.29 is 47.0 Å². The zero-order valence-electron chi connectivity index (χ0n) is 38.8. The van der Waals surface area contributed by atoms with Crippen LogP contribution < -0.4 is 16.1 Å². The molecule has 6 atom stereocenters. The number of carbonyl (C=O) groups excluding carboxylic acids is 2. The molecule has 3 rings (SSSR count). The molecule has 62 heavy (non-hydrogen) atoms. The van der Waals surface area contributed by atoms with Crippen LogP contribution in [0.2, 0.25) is 0 Å². The molecule has 0 aliphatic carbocycles. The lowest BCUT2D eigenvalue weighted by atomic mass is 10.1. The lowest BCUT2D eigenvalue weighted by Crippen LogP contribution is -2.50. The zero-order chi connectivity index (χ0) is 47.1. The number of nitrogens with zero attached hydrogens (tertiary/aromatic N) is 3. The van der Waals surface area contributed by atoms with E-state index < -0.39 is 52.1 Å². The van der Waals surface area contributed by atoms with Gasteiger partial charge < -0.3 is 30.0 Å². The van der Waals surface area contributed by atoms with Crippen molar-refractivity contribution in [3.63, 3.8) is 0 Å². The maximum absolute atomic E-state index is 13.2. The Hall–Kier alpha value is -4.33. The van der Waals surface area contributed by atoms with E-state index in [0.717, 1.165) is 29.5 Å². The molecule has 1 fully saturated rings. The number of ether oxygens (including phenoxy) is 3. The summed E-state index contributed by atoms with van der Waals surface area (Å²) in [4.78, 5) is 34.5. The minimum Gasteiger partial charge on any atom is -0.444 e. The van der Waals surface area contributed by atoms with Gasteiger partial charge in [0.2, 0.25) is 0 Å². The first-order chi connectivity index (χ1) is 28.9. The first-order valence-corrected chi connectivity index (χ1v) is 22.6. The fraction of sp³-hybridized carbons (Fsp3) is 0.644.